The molecule has 0 unspecified atom stereocenters. The van der Waals surface area contributed by atoms with Gasteiger partial charge in [-0.05, 0) is 49.4 Å². The topological polar surface area (TPSA) is 79.8 Å². The van der Waals surface area contributed by atoms with Crippen molar-refractivity contribution in [2.24, 2.45) is 0 Å². The summed E-state index contributed by atoms with van der Waals surface area (Å²) in [6, 6.07) is 21.4. The van der Waals surface area contributed by atoms with Gasteiger partial charge in [-0.2, -0.15) is 0 Å². The molecule has 36 heavy (non-hydrogen) atoms. The van der Waals surface area contributed by atoms with Gasteiger partial charge < -0.3 is 9.64 Å². The van der Waals surface area contributed by atoms with E-state index in [1.54, 1.807) is 49.5 Å². The Morgan fingerprint density at radius 2 is 1.69 bits per heavy atom. The predicted octanol–water partition coefficient (Wildman–Crippen LogP) is 5.03. The SMILES string of the molecule is Cc1ccc2cccc(OCc3cc(N(C)C(=O)CN4C(=O)c5ccccc5C4=O)ccc3Cl)c2n1. The highest BCUT2D eigenvalue weighted by atomic mass is 35.5. The Morgan fingerprint density at radius 1 is 0.972 bits per heavy atom. The zero-order chi connectivity index (χ0) is 25.4. The fourth-order valence-electron chi connectivity index (χ4n) is 4.14. The van der Waals surface area contributed by atoms with Crippen LogP contribution in [0.2, 0.25) is 5.02 Å². The highest BCUT2D eigenvalue weighted by Crippen LogP contribution is 2.28. The largest absolute Gasteiger partial charge is 0.487 e. The van der Waals surface area contributed by atoms with Crippen LogP contribution >= 0.6 is 11.6 Å². The smallest absolute Gasteiger partial charge is 0.262 e. The third kappa shape index (κ3) is 4.29. The number of pyridine rings is 1. The first kappa shape index (κ1) is 23.5. The number of halogens is 1. The minimum atomic E-state index is -0.471. The highest BCUT2D eigenvalue weighted by Gasteiger charge is 2.36. The van der Waals surface area contributed by atoms with Gasteiger partial charge in [-0.3, -0.25) is 19.3 Å². The van der Waals surface area contributed by atoms with E-state index in [1.807, 2.05) is 37.3 Å². The Morgan fingerprint density at radius 3 is 2.42 bits per heavy atom. The standard InChI is InChI=1S/C28H22ClN3O4/c1-17-10-11-18-6-5-9-24(26(18)30-17)36-16-19-14-20(12-13-23(19)29)31(2)25(33)15-32-27(34)21-7-3-4-8-22(21)28(32)35/h3-14H,15-16H2,1-2H3. The van der Waals surface area contributed by atoms with Crippen LogP contribution < -0.4 is 9.64 Å². The molecule has 0 bridgehead atoms. The van der Waals surface area contributed by atoms with Crippen LogP contribution in [0.4, 0.5) is 5.69 Å². The quantitative estimate of drug-likeness (QED) is 0.347. The van der Waals surface area contributed by atoms with Gasteiger partial charge in [0.1, 0.15) is 24.4 Å². The van der Waals surface area contributed by atoms with Crippen molar-refractivity contribution in [3.8, 4) is 5.75 Å². The number of fused-ring (bicyclic) bond motifs is 2. The van der Waals surface area contributed by atoms with Crippen molar-refractivity contribution in [3.63, 3.8) is 0 Å². The van der Waals surface area contributed by atoms with Gasteiger partial charge in [0, 0.05) is 34.4 Å². The van der Waals surface area contributed by atoms with Crippen molar-refractivity contribution in [1.82, 2.24) is 9.88 Å². The number of hydrogen-bond donors (Lipinski definition) is 0. The monoisotopic (exact) mass is 499 g/mol. The molecule has 8 heteroatoms. The van der Waals surface area contributed by atoms with E-state index in [2.05, 4.69) is 4.98 Å². The average Bonchev–Trinajstić information content (AvgIpc) is 3.12. The van der Waals surface area contributed by atoms with E-state index in [0.717, 1.165) is 21.5 Å². The van der Waals surface area contributed by atoms with Crippen molar-refractivity contribution >= 4 is 45.9 Å². The number of amides is 3. The molecule has 0 saturated carbocycles. The summed E-state index contributed by atoms with van der Waals surface area (Å²) in [7, 11) is 1.59. The number of carbonyl (C=O) groups is 3. The Balaban J connectivity index is 1.32. The molecule has 180 valence electrons. The maximum Gasteiger partial charge on any atom is 0.262 e. The van der Waals surface area contributed by atoms with Crippen molar-refractivity contribution in [1.29, 1.82) is 0 Å². The van der Waals surface area contributed by atoms with Gasteiger partial charge in [-0.1, -0.05) is 41.9 Å². The summed E-state index contributed by atoms with van der Waals surface area (Å²) in [5.74, 6) is -0.719. The second-order valence-electron chi connectivity index (χ2n) is 8.54. The van der Waals surface area contributed by atoms with E-state index in [9.17, 15) is 14.4 Å². The number of benzene rings is 3. The fourth-order valence-corrected chi connectivity index (χ4v) is 4.31. The van der Waals surface area contributed by atoms with Crippen LogP contribution in [-0.4, -0.2) is 41.2 Å². The first-order valence-corrected chi connectivity index (χ1v) is 11.7. The van der Waals surface area contributed by atoms with Crippen LogP contribution in [0, 0.1) is 6.92 Å². The number of anilines is 1. The van der Waals surface area contributed by atoms with E-state index in [1.165, 1.54) is 4.90 Å². The molecule has 3 aromatic carbocycles. The predicted molar refractivity (Wildman–Crippen MR) is 137 cm³/mol. The fraction of sp³-hybridized carbons (Fsp3) is 0.143. The van der Waals surface area contributed by atoms with Crippen molar-refractivity contribution in [2.75, 3.05) is 18.5 Å². The van der Waals surface area contributed by atoms with E-state index in [0.29, 0.717) is 33.1 Å². The average molecular weight is 500 g/mol. The Bertz CT molecular complexity index is 1500. The molecule has 0 N–H and O–H groups in total. The summed E-state index contributed by atoms with van der Waals surface area (Å²) in [5.41, 5.74) is 3.50. The lowest BCUT2D eigenvalue weighted by molar-refractivity contribution is -0.118. The number of nitrogens with zero attached hydrogens (tertiary/aromatic N) is 3. The zero-order valence-electron chi connectivity index (χ0n) is 19.7. The lowest BCUT2D eigenvalue weighted by atomic mass is 10.1. The van der Waals surface area contributed by atoms with Gasteiger partial charge >= 0.3 is 0 Å². The third-order valence-electron chi connectivity index (χ3n) is 6.17. The van der Waals surface area contributed by atoms with Gasteiger partial charge in [0.15, 0.2) is 0 Å². The molecule has 0 aliphatic carbocycles. The first-order valence-electron chi connectivity index (χ1n) is 11.3. The van der Waals surface area contributed by atoms with Crippen LogP contribution in [0.15, 0.2) is 72.8 Å². The maximum absolute atomic E-state index is 13.0. The van der Waals surface area contributed by atoms with Crippen LogP contribution in [0.3, 0.4) is 0 Å². The molecule has 0 radical (unpaired) electrons. The van der Waals surface area contributed by atoms with E-state index < -0.39 is 17.7 Å². The van der Waals surface area contributed by atoms with Gasteiger partial charge in [0.05, 0.1) is 11.1 Å². The number of ether oxygens (including phenoxy) is 1. The minimum absolute atomic E-state index is 0.168. The van der Waals surface area contributed by atoms with E-state index >= 15 is 0 Å². The number of likely N-dealkylation sites (N-methyl/N-ethyl adjacent to an activating group) is 1. The lowest BCUT2D eigenvalue weighted by Gasteiger charge is -2.22. The number of rotatable bonds is 6. The lowest BCUT2D eigenvalue weighted by Crippen LogP contribution is -2.41. The Hall–Kier alpha value is -4.23. The number of aryl methyl sites for hydroxylation is 1. The zero-order valence-corrected chi connectivity index (χ0v) is 20.5. The number of hydrogen-bond acceptors (Lipinski definition) is 5. The molecule has 1 aliphatic heterocycles. The summed E-state index contributed by atoms with van der Waals surface area (Å²) in [6.07, 6.45) is 0. The molecular weight excluding hydrogens is 478 g/mol. The molecule has 0 spiro atoms. The number of carbonyl (C=O) groups excluding carboxylic acids is 3. The van der Waals surface area contributed by atoms with Crippen molar-refractivity contribution < 1.29 is 19.1 Å². The molecule has 0 saturated heterocycles. The molecule has 5 rings (SSSR count). The molecule has 1 aromatic heterocycles. The summed E-state index contributed by atoms with van der Waals surface area (Å²) in [4.78, 5) is 45.2. The number of aromatic nitrogens is 1. The van der Waals surface area contributed by atoms with Crippen LogP contribution in [0.1, 0.15) is 32.0 Å². The second-order valence-corrected chi connectivity index (χ2v) is 8.95. The van der Waals surface area contributed by atoms with E-state index in [4.69, 9.17) is 16.3 Å². The summed E-state index contributed by atoms with van der Waals surface area (Å²) < 4.78 is 6.06. The number of para-hydroxylation sites is 1. The van der Waals surface area contributed by atoms with Crippen LogP contribution in [0.5, 0.6) is 5.75 Å². The summed E-state index contributed by atoms with van der Waals surface area (Å²) in [5, 5.41) is 1.46. The Kier molecular flexibility index (Phi) is 6.16. The molecular formula is C28H22ClN3O4. The minimum Gasteiger partial charge on any atom is -0.487 e. The van der Waals surface area contributed by atoms with Crippen LogP contribution in [-0.2, 0) is 11.4 Å². The molecule has 1 aliphatic rings. The normalized spacial score (nSPS) is 12.7. The highest BCUT2D eigenvalue weighted by molar-refractivity contribution is 6.31. The van der Waals surface area contributed by atoms with Gasteiger partial charge in [-0.25, -0.2) is 4.98 Å². The van der Waals surface area contributed by atoms with Gasteiger partial charge in [0.2, 0.25) is 5.91 Å². The Labute approximate surface area is 212 Å². The summed E-state index contributed by atoms with van der Waals surface area (Å²) in [6.45, 7) is 1.73. The first-order chi connectivity index (χ1) is 17.3. The number of imide groups is 1. The molecule has 3 amide bonds. The van der Waals surface area contributed by atoms with Crippen LogP contribution in [0.25, 0.3) is 10.9 Å². The van der Waals surface area contributed by atoms with Gasteiger partial charge in [0.25, 0.3) is 11.8 Å². The molecule has 2 heterocycles. The van der Waals surface area contributed by atoms with E-state index in [-0.39, 0.29) is 13.2 Å². The molecule has 4 aromatic rings. The third-order valence-corrected chi connectivity index (χ3v) is 6.54. The molecule has 7 nitrogen and oxygen atoms in total. The second kappa shape index (κ2) is 9.43. The summed E-state index contributed by atoms with van der Waals surface area (Å²) >= 11 is 6.42. The molecule has 0 atom stereocenters. The van der Waals surface area contributed by atoms with Gasteiger partial charge in [-0.15, -0.1) is 0 Å². The maximum atomic E-state index is 13.0. The van der Waals surface area contributed by atoms with Crippen molar-refractivity contribution in [2.45, 2.75) is 13.5 Å². The van der Waals surface area contributed by atoms with Crippen molar-refractivity contribution in [3.05, 3.63) is 100 Å². The molecule has 0 fully saturated rings.